The van der Waals surface area contributed by atoms with Gasteiger partial charge in [0.05, 0.1) is 23.1 Å². The fourth-order valence-corrected chi connectivity index (χ4v) is 2.82. The van der Waals surface area contributed by atoms with Crippen LogP contribution in [0, 0.1) is 10.1 Å². The van der Waals surface area contributed by atoms with Crippen LogP contribution in [0.4, 0.5) is 11.4 Å². The number of carbonyl (C=O) groups excluding carboxylic acids is 1. The van der Waals surface area contributed by atoms with E-state index in [4.69, 9.17) is 14.2 Å². The number of hydrogen-bond donors (Lipinski definition) is 2. The Hall–Kier alpha value is -3.33. The van der Waals surface area contributed by atoms with Crippen LogP contribution in [-0.4, -0.2) is 37.9 Å². The van der Waals surface area contributed by atoms with Crippen molar-refractivity contribution in [1.29, 1.82) is 0 Å². The molecule has 148 valence electrons. The molecule has 9 heteroatoms. The van der Waals surface area contributed by atoms with Crippen LogP contribution in [0.1, 0.15) is 28.9 Å². The van der Waals surface area contributed by atoms with Crippen molar-refractivity contribution in [1.82, 2.24) is 5.32 Å². The van der Waals surface area contributed by atoms with Gasteiger partial charge in [-0.2, -0.15) is 0 Å². The lowest BCUT2D eigenvalue weighted by Gasteiger charge is -2.17. The summed E-state index contributed by atoms with van der Waals surface area (Å²) >= 11 is 0. The van der Waals surface area contributed by atoms with Crippen molar-refractivity contribution in [3.63, 3.8) is 0 Å². The zero-order valence-corrected chi connectivity index (χ0v) is 15.6. The van der Waals surface area contributed by atoms with Crippen molar-refractivity contribution in [3.8, 4) is 11.5 Å². The van der Waals surface area contributed by atoms with E-state index in [0.717, 1.165) is 5.56 Å². The van der Waals surface area contributed by atoms with Crippen LogP contribution in [0.2, 0.25) is 0 Å². The van der Waals surface area contributed by atoms with Crippen LogP contribution in [0.3, 0.4) is 0 Å². The average Bonchev–Trinajstić information content (AvgIpc) is 3.15. The quantitative estimate of drug-likeness (QED) is 0.407. The molecule has 3 rings (SSSR count). The molecule has 0 bridgehead atoms. The monoisotopic (exact) mass is 387 g/mol. The van der Waals surface area contributed by atoms with E-state index in [1.54, 1.807) is 19.2 Å². The van der Waals surface area contributed by atoms with Crippen LogP contribution in [0.25, 0.3) is 0 Å². The van der Waals surface area contributed by atoms with Gasteiger partial charge in [0.15, 0.2) is 11.5 Å². The lowest BCUT2D eigenvalue weighted by molar-refractivity contribution is -0.384. The van der Waals surface area contributed by atoms with E-state index in [9.17, 15) is 14.9 Å². The third-order valence-corrected chi connectivity index (χ3v) is 4.32. The first-order valence-electron chi connectivity index (χ1n) is 8.71. The molecule has 0 saturated heterocycles. The van der Waals surface area contributed by atoms with Gasteiger partial charge in [-0.05, 0) is 30.7 Å². The molecule has 1 aliphatic rings. The van der Waals surface area contributed by atoms with Crippen molar-refractivity contribution in [3.05, 3.63) is 57.6 Å². The molecule has 0 unspecified atom stereocenters. The number of methoxy groups -OCH3 is 1. The summed E-state index contributed by atoms with van der Waals surface area (Å²) in [6, 6.07) is 9.22. The summed E-state index contributed by atoms with van der Waals surface area (Å²) in [6.07, 6.45) is 0. The zero-order chi connectivity index (χ0) is 20.1. The number of nitro benzene ring substituents is 1. The third kappa shape index (κ3) is 4.32. The number of amides is 1. The summed E-state index contributed by atoms with van der Waals surface area (Å²) < 4.78 is 15.6. The molecule has 0 aliphatic carbocycles. The number of non-ortho nitro benzene ring substituents is 1. The smallest absolute Gasteiger partial charge is 0.270 e. The van der Waals surface area contributed by atoms with Crippen LogP contribution in [0.5, 0.6) is 11.5 Å². The van der Waals surface area contributed by atoms with Crippen molar-refractivity contribution < 1.29 is 23.9 Å². The molecular weight excluding hydrogens is 366 g/mol. The highest BCUT2D eigenvalue weighted by Gasteiger charge is 2.20. The largest absolute Gasteiger partial charge is 0.454 e. The molecule has 9 nitrogen and oxygen atoms in total. The van der Waals surface area contributed by atoms with Crippen LogP contribution >= 0.6 is 0 Å². The molecule has 28 heavy (non-hydrogen) atoms. The maximum absolute atomic E-state index is 12.8. The van der Waals surface area contributed by atoms with Gasteiger partial charge in [-0.1, -0.05) is 6.07 Å². The Kier molecular flexibility index (Phi) is 5.95. The number of nitrogens with zero attached hydrogens (tertiary/aromatic N) is 1. The number of hydrogen-bond acceptors (Lipinski definition) is 7. The van der Waals surface area contributed by atoms with E-state index in [0.29, 0.717) is 30.3 Å². The normalized spacial score (nSPS) is 13.1. The van der Waals surface area contributed by atoms with Crippen LogP contribution in [-0.2, 0) is 4.74 Å². The molecule has 0 radical (unpaired) electrons. The molecule has 1 amide bonds. The SMILES string of the molecule is COCCNc1ccc([N+](=O)[O-])cc1C(=O)N[C@H](C)c1ccc2c(c1)OCO2. The van der Waals surface area contributed by atoms with Gasteiger partial charge < -0.3 is 24.8 Å². The Bertz CT molecular complexity index is 886. The van der Waals surface area contributed by atoms with Gasteiger partial charge in [-0.25, -0.2) is 0 Å². The van der Waals surface area contributed by atoms with E-state index in [-0.39, 0.29) is 24.1 Å². The minimum Gasteiger partial charge on any atom is -0.454 e. The fourth-order valence-electron chi connectivity index (χ4n) is 2.82. The number of fused-ring (bicyclic) bond motifs is 1. The van der Waals surface area contributed by atoms with Crippen molar-refractivity contribution in [2.45, 2.75) is 13.0 Å². The predicted molar refractivity (Wildman–Crippen MR) is 102 cm³/mol. The maximum atomic E-state index is 12.8. The van der Waals surface area contributed by atoms with E-state index in [1.807, 2.05) is 13.0 Å². The van der Waals surface area contributed by atoms with Gasteiger partial charge in [0.2, 0.25) is 6.79 Å². The third-order valence-electron chi connectivity index (χ3n) is 4.32. The average molecular weight is 387 g/mol. The molecule has 2 aromatic carbocycles. The minimum absolute atomic E-state index is 0.154. The van der Waals surface area contributed by atoms with Gasteiger partial charge in [0, 0.05) is 31.5 Å². The predicted octanol–water partition coefficient (Wildman–Crippen LogP) is 2.87. The molecule has 0 saturated carbocycles. The number of anilines is 1. The Morgan fingerprint density at radius 1 is 1.25 bits per heavy atom. The molecule has 0 spiro atoms. The highest BCUT2D eigenvalue weighted by atomic mass is 16.7. The number of carbonyl (C=O) groups is 1. The fraction of sp³-hybridized carbons (Fsp3) is 0.316. The maximum Gasteiger partial charge on any atom is 0.270 e. The Balaban J connectivity index is 1.79. The van der Waals surface area contributed by atoms with Crippen molar-refractivity contribution in [2.75, 3.05) is 32.4 Å². The molecule has 1 heterocycles. The number of ether oxygens (including phenoxy) is 3. The Labute approximate surface area is 161 Å². The summed E-state index contributed by atoms with van der Waals surface area (Å²) in [4.78, 5) is 23.4. The lowest BCUT2D eigenvalue weighted by Crippen LogP contribution is -2.27. The molecule has 2 N–H and O–H groups in total. The summed E-state index contributed by atoms with van der Waals surface area (Å²) in [6.45, 7) is 2.90. The first kappa shape index (κ1) is 19.4. The van der Waals surface area contributed by atoms with Gasteiger partial charge >= 0.3 is 0 Å². The summed E-state index contributed by atoms with van der Waals surface area (Å²) in [5.74, 6) is 0.857. The Morgan fingerprint density at radius 2 is 2.04 bits per heavy atom. The minimum atomic E-state index is -0.531. The molecule has 2 aromatic rings. The summed E-state index contributed by atoms with van der Waals surface area (Å²) in [5.41, 5.74) is 1.37. The second-order valence-corrected chi connectivity index (χ2v) is 6.21. The number of nitrogens with one attached hydrogen (secondary N) is 2. The number of benzene rings is 2. The van der Waals surface area contributed by atoms with Gasteiger partial charge in [0.1, 0.15) is 0 Å². The summed E-state index contributed by atoms with van der Waals surface area (Å²) in [7, 11) is 1.57. The molecule has 1 atom stereocenters. The Morgan fingerprint density at radius 3 is 2.79 bits per heavy atom. The van der Waals surface area contributed by atoms with E-state index in [2.05, 4.69) is 10.6 Å². The van der Waals surface area contributed by atoms with E-state index in [1.165, 1.54) is 18.2 Å². The van der Waals surface area contributed by atoms with Gasteiger partial charge in [-0.3, -0.25) is 14.9 Å². The highest BCUT2D eigenvalue weighted by molar-refractivity contribution is 6.00. The second-order valence-electron chi connectivity index (χ2n) is 6.21. The van der Waals surface area contributed by atoms with Crippen LogP contribution in [0.15, 0.2) is 36.4 Å². The standard InChI is InChI=1S/C19H21N3O6/c1-12(13-3-6-17-18(9-13)28-11-27-17)21-19(23)15-10-14(22(24)25)4-5-16(15)20-7-8-26-2/h3-6,9-10,12,20H,7-8,11H2,1-2H3,(H,21,23)/t12-/m1/s1. The number of nitro groups is 1. The van der Waals surface area contributed by atoms with Gasteiger partial charge in [0.25, 0.3) is 11.6 Å². The molecular formula is C19H21N3O6. The highest BCUT2D eigenvalue weighted by Crippen LogP contribution is 2.34. The topological polar surface area (TPSA) is 112 Å². The first-order valence-corrected chi connectivity index (χ1v) is 8.71. The summed E-state index contributed by atoms with van der Waals surface area (Å²) in [5, 5.41) is 17.0. The number of rotatable bonds is 8. The second kappa shape index (κ2) is 8.57. The van der Waals surface area contributed by atoms with E-state index >= 15 is 0 Å². The van der Waals surface area contributed by atoms with Crippen LogP contribution < -0.4 is 20.1 Å². The van der Waals surface area contributed by atoms with Gasteiger partial charge in [-0.15, -0.1) is 0 Å². The molecule has 1 aliphatic heterocycles. The first-order chi connectivity index (χ1) is 13.5. The van der Waals surface area contributed by atoms with Crippen molar-refractivity contribution >= 4 is 17.3 Å². The molecule has 0 aromatic heterocycles. The lowest BCUT2D eigenvalue weighted by atomic mass is 10.1. The molecule has 0 fully saturated rings. The van der Waals surface area contributed by atoms with Crippen molar-refractivity contribution in [2.24, 2.45) is 0 Å². The van der Waals surface area contributed by atoms with E-state index < -0.39 is 10.8 Å². The zero-order valence-electron chi connectivity index (χ0n) is 15.6.